The third-order valence-electron chi connectivity index (χ3n) is 6.19. The predicted octanol–water partition coefficient (Wildman–Crippen LogP) is 0.0297. The molecule has 0 aromatic heterocycles. The zero-order chi connectivity index (χ0) is 24.2. The number of carboxylic acid groups (broad SMARTS) is 1. The molecule has 0 bridgehead atoms. The molecule has 0 radical (unpaired) electrons. The monoisotopic (exact) mass is 495 g/mol. The number of aliphatic carboxylic acids is 1. The van der Waals surface area contributed by atoms with Crippen molar-refractivity contribution >= 4 is 11.9 Å². The maximum Gasteiger partial charge on any atom is 1.00 e. The third-order valence-corrected chi connectivity index (χ3v) is 6.19. The van der Waals surface area contributed by atoms with E-state index in [1.807, 2.05) is 0 Å². The zero-order valence-corrected chi connectivity index (χ0v) is 23.6. The van der Waals surface area contributed by atoms with Crippen molar-refractivity contribution in [1.82, 2.24) is 0 Å². The molecule has 2 aliphatic rings. The van der Waals surface area contributed by atoms with Crippen LogP contribution in [0.15, 0.2) is 4.99 Å². The van der Waals surface area contributed by atoms with Gasteiger partial charge < -0.3 is 33.9 Å². The summed E-state index contributed by atoms with van der Waals surface area (Å²) >= 11 is 0. The Morgan fingerprint density at radius 3 is 2.29 bits per heavy atom. The van der Waals surface area contributed by atoms with E-state index >= 15 is 0 Å². The molecular weight excluding hydrogens is 453 g/mol. The van der Waals surface area contributed by atoms with Gasteiger partial charge in [-0.1, -0.05) is 58.3 Å². The molecule has 2 aliphatic heterocycles. The van der Waals surface area contributed by atoms with Crippen LogP contribution in [0.1, 0.15) is 85.0 Å². The van der Waals surface area contributed by atoms with Crippen LogP contribution in [0, 0.1) is 0 Å². The number of fused-ring (bicyclic) bond motifs is 1. The molecule has 0 amide bonds. The van der Waals surface area contributed by atoms with Crippen LogP contribution in [-0.4, -0.2) is 73.7 Å². The largest absolute Gasteiger partial charge is 1.00 e. The number of hydrogen-bond acceptors (Lipinski definition) is 8. The maximum absolute atomic E-state index is 11.7. The molecule has 0 aromatic rings. The molecule has 0 saturated carbocycles. The van der Waals surface area contributed by atoms with Crippen molar-refractivity contribution < 1.29 is 68.2 Å². The summed E-state index contributed by atoms with van der Waals surface area (Å²) < 4.78 is 29.2. The molecule has 7 atom stereocenters. The Morgan fingerprint density at radius 1 is 1.12 bits per heavy atom. The molecular formula is C24H42NNaO8. The standard InChI is InChI=1S/C24H43NO8.Na/c1-5-6-7-8-9-10-11-12-13-14-19-30-15-18-21(33-19)22(31-16(2)23(27)28)20(25-17(3)26)24(29-4)32-18;/h16,18-22,24H,5-15H2,1-4H3,(H,25,26)(H,27,28);/q;+1/p-1/t16?,18-,19?,20-,21-,22-,24+;/m1./s1. The Hall–Kier alpha value is -0.260. The van der Waals surface area contributed by atoms with Gasteiger partial charge in [-0.25, -0.2) is 4.79 Å². The summed E-state index contributed by atoms with van der Waals surface area (Å²) in [6, 6.07) is -0.831. The van der Waals surface area contributed by atoms with E-state index < -0.39 is 54.9 Å². The average Bonchev–Trinajstić information content (AvgIpc) is 2.78. The van der Waals surface area contributed by atoms with E-state index in [-0.39, 0.29) is 36.2 Å². The minimum absolute atomic E-state index is 0. The van der Waals surface area contributed by atoms with Crippen molar-refractivity contribution in [3.63, 3.8) is 0 Å². The van der Waals surface area contributed by atoms with Gasteiger partial charge in [0.05, 0.1) is 6.61 Å². The number of hydrogen-bond donors (Lipinski definition) is 1. The summed E-state index contributed by atoms with van der Waals surface area (Å²) in [6.45, 7) is 5.28. The smallest absolute Gasteiger partial charge is 0.862 e. The number of rotatable bonds is 15. The fraction of sp³-hybridized carbons (Fsp3) is 0.917. The summed E-state index contributed by atoms with van der Waals surface area (Å²) in [4.78, 5) is 15.5. The summed E-state index contributed by atoms with van der Waals surface area (Å²) in [5.41, 5.74) is 0. The van der Waals surface area contributed by atoms with Crippen LogP contribution in [0.5, 0.6) is 0 Å². The number of carboxylic acids is 1. The average molecular weight is 496 g/mol. The van der Waals surface area contributed by atoms with Crippen molar-refractivity contribution in [2.75, 3.05) is 13.7 Å². The number of nitrogens with zero attached hydrogens (tertiary/aromatic N) is 1. The molecule has 0 spiro atoms. The maximum atomic E-state index is 11.7. The second-order valence-electron chi connectivity index (χ2n) is 8.98. The summed E-state index contributed by atoms with van der Waals surface area (Å²) in [5, 5.41) is 21.1. The minimum atomic E-state index is -1.10. The van der Waals surface area contributed by atoms with Gasteiger partial charge in [-0.3, -0.25) is 4.99 Å². The third kappa shape index (κ3) is 10.4. The molecule has 0 aliphatic carbocycles. The van der Waals surface area contributed by atoms with Crippen LogP contribution >= 0.6 is 0 Å². The molecule has 2 unspecified atom stereocenters. The topological polar surface area (TPSA) is 119 Å². The van der Waals surface area contributed by atoms with Gasteiger partial charge in [0.25, 0.3) is 0 Å². The number of aliphatic imine (C=N–C) groups is 1. The Kier molecular flexibility index (Phi) is 16.1. The zero-order valence-electron chi connectivity index (χ0n) is 21.6. The van der Waals surface area contributed by atoms with Gasteiger partial charge in [0, 0.05) is 7.11 Å². The van der Waals surface area contributed by atoms with Crippen molar-refractivity contribution in [3.05, 3.63) is 0 Å². The van der Waals surface area contributed by atoms with Gasteiger partial charge in [0.1, 0.15) is 24.4 Å². The van der Waals surface area contributed by atoms with Gasteiger partial charge in [-0.05, 0) is 32.6 Å². The van der Waals surface area contributed by atoms with Crippen LogP contribution < -0.4 is 34.7 Å². The van der Waals surface area contributed by atoms with E-state index in [1.54, 1.807) is 0 Å². The van der Waals surface area contributed by atoms with E-state index in [0.717, 1.165) is 19.3 Å². The van der Waals surface area contributed by atoms with Gasteiger partial charge in [0.15, 0.2) is 18.7 Å². The Bertz CT molecular complexity index is 604. The number of ether oxygens (including phenoxy) is 5. The summed E-state index contributed by atoms with van der Waals surface area (Å²) in [7, 11) is 1.45. The quantitative estimate of drug-likeness (QED) is 0.146. The fourth-order valence-corrected chi connectivity index (χ4v) is 4.37. The molecule has 0 aromatic carbocycles. The predicted molar refractivity (Wildman–Crippen MR) is 121 cm³/mol. The van der Waals surface area contributed by atoms with E-state index in [9.17, 15) is 15.0 Å². The van der Waals surface area contributed by atoms with E-state index in [1.165, 1.54) is 65.9 Å². The first kappa shape index (κ1) is 31.8. The SMILES string of the molecule is CCCCCCCCCCCC1OC[C@H]2O[C@H](OC)[C@H](N=C(C)[O-])[C@@H](OC(C)C(=O)O)[C@@H]2O1.[Na+]. The van der Waals surface area contributed by atoms with Gasteiger partial charge in [-0.15, -0.1) is 0 Å². The molecule has 2 saturated heterocycles. The van der Waals surface area contributed by atoms with Crippen LogP contribution in [0.25, 0.3) is 0 Å². The molecule has 2 heterocycles. The number of methoxy groups -OCH3 is 1. The van der Waals surface area contributed by atoms with Gasteiger partial charge >= 0.3 is 35.5 Å². The Labute approximate surface area is 226 Å². The number of carbonyl (C=O) groups is 1. The molecule has 192 valence electrons. The van der Waals surface area contributed by atoms with Crippen molar-refractivity contribution in [2.45, 2.75) is 128 Å². The van der Waals surface area contributed by atoms with Crippen LogP contribution in [0.3, 0.4) is 0 Å². The van der Waals surface area contributed by atoms with Crippen molar-refractivity contribution in [2.24, 2.45) is 4.99 Å². The van der Waals surface area contributed by atoms with Crippen molar-refractivity contribution in [3.8, 4) is 0 Å². The van der Waals surface area contributed by atoms with E-state index in [2.05, 4.69) is 11.9 Å². The van der Waals surface area contributed by atoms with Crippen LogP contribution in [0.4, 0.5) is 0 Å². The summed E-state index contributed by atoms with van der Waals surface area (Å²) in [5.74, 6) is -1.52. The molecule has 1 N–H and O–H groups in total. The first-order chi connectivity index (χ1) is 15.9. The molecule has 34 heavy (non-hydrogen) atoms. The fourth-order valence-electron chi connectivity index (χ4n) is 4.37. The molecule has 9 nitrogen and oxygen atoms in total. The van der Waals surface area contributed by atoms with Gasteiger partial charge in [-0.2, -0.15) is 0 Å². The number of unbranched alkanes of at least 4 members (excludes halogenated alkanes) is 8. The van der Waals surface area contributed by atoms with Crippen LogP contribution in [0.2, 0.25) is 0 Å². The normalized spacial score (nSPS) is 30.3. The van der Waals surface area contributed by atoms with E-state index in [0.29, 0.717) is 0 Å². The van der Waals surface area contributed by atoms with Crippen LogP contribution in [-0.2, 0) is 28.5 Å². The second kappa shape index (κ2) is 17.2. The minimum Gasteiger partial charge on any atom is -0.862 e. The Balaban J connectivity index is 0.00000578. The van der Waals surface area contributed by atoms with Gasteiger partial charge in [0.2, 0.25) is 0 Å². The first-order valence-electron chi connectivity index (χ1n) is 12.4. The van der Waals surface area contributed by atoms with Crippen molar-refractivity contribution in [1.29, 1.82) is 0 Å². The molecule has 10 heteroatoms. The second-order valence-corrected chi connectivity index (χ2v) is 8.98. The summed E-state index contributed by atoms with van der Waals surface area (Å²) in [6.07, 6.45) is 7.52. The molecule has 2 fully saturated rings. The Morgan fingerprint density at radius 2 is 1.74 bits per heavy atom. The first-order valence-corrected chi connectivity index (χ1v) is 12.4. The van der Waals surface area contributed by atoms with E-state index in [4.69, 9.17) is 23.7 Å². The molecule has 2 rings (SSSR count).